The highest BCUT2D eigenvalue weighted by atomic mass is 16.4. The van der Waals surface area contributed by atoms with Crippen molar-refractivity contribution in [3.8, 4) is 5.75 Å². The first kappa shape index (κ1) is 25.9. The number of rotatable bonds is 12. The van der Waals surface area contributed by atoms with E-state index in [2.05, 4.69) is 16.0 Å². The number of amides is 3. The Balaban J connectivity index is 2.61. The van der Waals surface area contributed by atoms with Gasteiger partial charge in [0, 0.05) is 6.42 Å². The molecule has 0 saturated carbocycles. The molecule has 0 saturated heterocycles. The van der Waals surface area contributed by atoms with Gasteiger partial charge in [-0.1, -0.05) is 26.0 Å². The second-order valence-corrected chi connectivity index (χ2v) is 7.53. The van der Waals surface area contributed by atoms with Gasteiger partial charge in [0.15, 0.2) is 0 Å². The third kappa shape index (κ3) is 9.45. The number of carbonyl (C=O) groups is 4. The number of aliphatic carboxylic acids is 1. The molecule has 172 valence electrons. The molecule has 3 atom stereocenters. The quantitative estimate of drug-likeness (QED) is 0.204. The van der Waals surface area contributed by atoms with E-state index in [-0.39, 0.29) is 18.1 Å². The van der Waals surface area contributed by atoms with Gasteiger partial charge in [0.2, 0.25) is 17.7 Å². The van der Waals surface area contributed by atoms with Gasteiger partial charge in [-0.3, -0.25) is 14.4 Å². The van der Waals surface area contributed by atoms with E-state index in [1.165, 1.54) is 24.3 Å². The van der Waals surface area contributed by atoms with Gasteiger partial charge in [0.1, 0.15) is 17.8 Å². The number of aliphatic hydroxyl groups is 1. The number of nitrogens with two attached hydrogens (primary N) is 1. The molecule has 3 unspecified atom stereocenters. The van der Waals surface area contributed by atoms with E-state index in [9.17, 15) is 34.5 Å². The van der Waals surface area contributed by atoms with Crippen molar-refractivity contribution in [2.45, 2.75) is 44.8 Å². The normalized spacial score (nSPS) is 13.7. The van der Waals surface area contributed by atoms with Crippen molar-refractivity contribution >= 4 is 23.7 Å². The number of carboxylic acid groups (broad SMARTS) is 1. The SMILES string of the molecule is CC(C)CC(N)C(=O)NCC(=O)NC(CO)C(=O)NC(Cc1ccc(O)cc1)C(=O)O. The van der Waals surface area contributed by atoms with Crippen molar-refractivity contribution in [1.82, 2.24) is 16.0 Å². The topological polar surface area (TPSA) is 191 Å². The van der Waals surface area contributed by atoms with E-state index < -0.39 is 55.0 Å². The van der Waals surface area contributed by atoms with Crippen LogP contribution in [0.5, 0.6) is 5.75 Å². The Kier molecular flexibility index (Phi) is 10.4. The number of phenolic OH excluding ortho intramolecular Hbond substituents is 1. The van der Waals surface area contributed by atoms with Crippen LogP contribution in [0.3, 0.4) is 0 Å². The highest BCUT2D eigenvalue weighted by Crippen LogP contribution is 2.11. The molecule has 0 aromatic heterocycles. The van der Waals surface area contributed by atoms with Gasteiger partial charge in [0.05, 0.1) is 19.2 Å². The van der Waals surface area contributed by atoms with Crippen LogP contribution in [0.25, 0.3) is 0 Å². The lowest BCUT2D eigenvalue weighted by Crippen LogP contribution is -2.55. The van der Waals surface area contributed by atoms with Gasteiger partial charge >= 0.3 is 5.97 Å². The molecule has 0 spiro atoms. The number of hydrogen-bond donors (Lipinski definition) is 7. The zero-order valence-corrected chi connectivity index (χ0v) is 17.5. The lowest BCUT2D eigenvalue weighted by molar-refractivity contribution is -0.142. The number of aliphatic hydroxyl groups excluding tert-OH is 1. The second kappa shape index (κ2) is 12.5. The fourth-order valence-electron chi connectivity index (χ4n) is 2.69. The van der Waals surface area contributed by atoms with Crippen molar-refractivity contribution in [1.29, 1.82) is 0 Å². The molecule has 31 heavy (non-hydrogen) atoms. The molecule has 0 heterocycles. The monoisotopic (exact) mass is 438 g/mol. The maximum absolute atomic E-state index is 12.3. The van der Waals surface area contributed by atoms with Gasteiger partial charge in [0.25, 0.3) is 0 Å². The fraction of sp³-hybridized carbons (Fsp3) is 0.500. The smallest absolute Gasteiger partial charge is 0.326 e. The summed E-state index contributed by atoms with van der Waals surface area (Å²) in [6.45, 7) is 2.57. The van der Waals surface area contributed by atoms with E-state index in [1.54, 1.807) is 0 Å². The summed E-state index contributed by atoms with van der Waals surface area (Å²) in [4.78, 5) is 47.7. The van der Waals surface area contributed by atoms with Crippen LogP contribution >= 0.6 is 0 Å². The molecule has 1 rings (SSSR count). The molecule has 1 aromatic rings. The average Bonchev–Trinajstić information content (AvgIpc) is 2.70. The Morgan fingerprint density at radius 1 is 1.00 bits per heavy atom. The molecule has 8 N–H and O–H groups in total. The minimum atomic E-state index is -1.41. The molecule has 0 aliphatic heterocycles. The Bertz CT molecular complexity index is 767. The lowest BCUT2D eigenvalue weighted by Gasteiger charge is -2.20. The third-order valence-corrected chi connectivity index (χ3v) is 4.31. The standard InChI is InChI=1S/C20H30N4O7/c1-11(2)7-14(21)18(28)22-9-17(27)23-16(10-25)19(29)24-15(20(30)31)8-12-3-5-13(26)6-4-12/h3-6,11,14-16,25-26H,7-10,21H2,1-2H3,(H,22,28)(H,23,27)(H,24,29)(H,30,31). The molecule has 3 amide bonds. The molecule has 0 aliphatic rings. The molecule has 0 bridgehead atoms. The fourth-order valence-corrected chi connectivity index (χ4v) is 2.69. The number of carbonyl (C=O) groups excluding carboxylic acids is 3. The number of hydrogen-bond acceptors (Lipinski definition) is 7. The number of aromatic hydroxyl groups is 1. The number of nitrogens with one attached hydrogen (secondary N) is 3. The van der Waals surface area contributed by atoms with Crippen LogP contribution in [-0.2, 0) is 25.6 Å². The number of benzene rings is 1. The molecule has 11 heteroatoms. The van der Waals surface area contributed by atoms with Crippen molar-refractivity contribution < 1.29 is 34.5 Å². The summed E-state index contributed by atoms with van der Waals surface area (Å²) in [5.41, 5.74) is 6.27. The predicted molar refractivity (Wildman–Crippen MR) is 111 cm³/mol. The second-order valence-electron chi connectivity index (χ2n) is 7.53. The lowest BCUT2D eigenvalue weighted by atomic mass is 10.0. The Morgan fingerprint density at radius 2 is 1.61 bits per heavy atom. The molecule has 0 radical (unpaired) electrons. The number of carboxylic acids is 1. The highest BCUT2D eigenvalue weighted by Gasteiger charge is 2.26. The van der Waals surface area contributed by atoms with Crippen LogP contribution in [0.4, 0.5) is 0 Å². The Hall–Kier alpha value is -3.18. The summed E-state index contributed by atoms with van der Waals surface area (Å²) in [5.74, 6) is -3.26. The minimum absolute atomic E-state index is 0.0139. The summed E-state index contributed by atoms with van der Waals surface area (Å²) >= 11 is 0. The van der Waals surface area contributed by atoms with Gasteiger partial charge in [-0.15, -0.1) is 0 Å². The predicted octanol–water partition coefficient (Wildman–Crippen LogP) is -1.53. The first-order valence-corrected chi connectivity index (χ1v) is 9.78. The van der Waals surface area contributed by atoms with Gasteiger partial charge < -0.3 is 37.0 Å². The van der Waals surface area contributed by atoms with Gasteiger partial charge in [-0.2, -0.15) is 0 Å². The first-order valence-electron chi connectivity index (χ1n) is 9.78. The third-order valence-electron chi connectivity index (χ3n) is 4.31. The van der Waals surface area contributed by atoms with Crippen LogP contribution in [0.2, 0.25) is 0 Å². The van der Waals surface area contributed by atoms with Crippen molar-refractivity contribution in [3.63, 3.8) is 0 Å². The molecular weight excluding hydrogens is 408 g/mol. The summed E-state index contributed by atoms with van der Waals surface area (Å²) in [6, 6.07) is 2.28. The minimum Gasteiger partial charge on any atom is -0.508 e. The van der Waals surface area contributed by atoms with Crippen LogP contribution < -0.4 is 21.7 Å². The average molecular weight is 438 g/mol. The van der Waals surface area contributed by atoms with Gasteiger partial charge in [-0.25, -0.2) is 4.79 Å². The number of phenols is 1. The van der Waals surface area contributed by atoms with Crippen LogP contribution in [-0.4, -0.2) is 70.3 Å². The molecular formula is C20H30N4O7. The van der Waals surface area contributed by atoms with E-state index >= 15 is 0 Å². The van der Waals surface area contributed by atoms with E-state index in [0.717, 1.165) is 0 Å². The maximum Gasteiger partial charge on any atom is 0.326 e. The summed E-state index contributed by atoms with van der Waals surface area (Å²) in [5, 5.41) is 34.9. The van der Waals surface area contributed by atoms with Crippen LogP contribution in [0, 0.1) is 5.92 Å². The largest absolute Gasteiger partial charge is 0.508 e. The van der Waals surface area contributed by atoms with Crippen LogP contribution in [0.15, 0.2) is 24.3 Å². The maximum atomic E-state index is 12.3. The van der Waals surface area contributed by atoms with Gasteiger partial charge in [-0.05, 0) is 30.0 Å². The molecule has 1 aromatic carbocycles. The summed E-state index contributed by atoms with van der Waals surface area (Å²) < 4.78 is 0. The van der Waals surface area contributed by atoms with Crippen molar-refractivity contribution in [3.05, 3.63) is 29.8 Å². The summed E-state index contributed by atoms with van der Waals surface area (Å²) in [6.07, 6.45) is 0.365. The molecule has 0 aliphatic carbocycles. The van der Waals surface area contributed by atoms with Crippen molar-refractivity contribution in [2.24, 2.45) is 11.7 Å². The summed E-state index contributed by atoms with van der Waals surface area (Å²) in [7, 11) is 0. The van der Waals surface area contributed by atoms with E-state index in [4.69, 9.17) is 5.73 Å². The Labute approximate surface area is 180 Å². The first-order chi connectivity index (χ1) is 14.5. The van der Waals surface area contributed by atoms with Crippen LogP contribution in [0.1, 0.15) is 25.8 Å². The van der Waals surface area contributed by atoms with E-state index in [0.29, 0.717) is 12.0 Å². The zero-order chi connectivity index (χ0) is 23.6. The van der Waals surface area contributed by atoms with Crippen molar-refractivity contribution in [2.75, 3.05) is 13.2 Å². The Morgan fingerprint density at radius 3 is 2.13 bits per heavy atom. The molecule has 11 nitrogen and oxygen atoms in total. The van der Waals surface area contributed by atoms with E-state index in [1.807, 2.05) is 13.8 Å². The zero-order valence-electron chi connectivity index (χ0n) is 17.5. The molecule has 0 fully saturated rings. The highest BCUT2D eigenvalue weighted by molar-refractivity contribution is 5.92.